The number of anilines is 2. The minimum Gasteiger partial charge on any atom is -0.390 e. The first kappa shape index (κ1) is 26.2. The number of carbonyl (C=O) groups is 2. The number of halogens is 2. The molecule has 2 aromatic carbocycles. The van der Waals surface area contributed by atoms with E-state index in [2.05, 4.69) is 15.2 Å². The molecule has 1 atom stereocenters. The summed E-state index contributed by atoms with van der Waals surface area (Å²) in [4.78, 5) is 32.8. The van der Waals surface area contributed by atoms with Crippen molar-refractivity contribution in [1.82, 2.24) is 9.88 Å². The van der Waals surface area contributed by atoms with Gasteiger partial charge in [-0.05, 0) is 74.6 Å². The van der Waals surface area contributed by atoms with Gasteiger partial charge in [-0.25, -0.2) is 8.78 Å². The molecule has 1 unspecified atom stereocenters. The summed E-state index contributed by atoms with van der Waals surface area (Å²) in [5, 5.41) is 13.5. The number of aliphatic hydroxyl groups excluding tert-OH is 1. The Morgan fingerprint density at radius 2 is 1.70 bits per heavy atom. The number of carbonyl (C=O) groups excluding carboxylic acids is 2. The van der Waals surface area contributed by atoms with Crippen LogP contribution in [0.15, 0.2) is 48.5 Å². The number of benzene rings is 2. The summed E-state index contributed by atoms with van der Waals surface area (Å²) < 4.78 is 27.4. The predicted octanol–water partition coefficient (Wildman–Crippen LogP) is 4.44. The number of H-pyrrole nitrogens is 1. The van der Waals surface area contributed by atoms with Gasteiger partial charge in [-0.3, -0.25) is 9.59 Å². The highest BCUT2D eigenvalue weighted by Crippen LogP contribution is 2.34. The maximum atomic E-state index is 13.8. The van der Waals surface area contributed by atoms with E-state index in [4.69, 9.17) is 0 Å². The molecular weight excluding hydrogens is 478 g/mol. The molecule has 0 radical (unpaired) electrons. The van der Waals surface area contributed by atoms with Crippen LogP contribution < -0.4 is 10.2 Å². The Bertz CT molecular complexity index is 1330. The van der Waals surface area contributed by atoms with Gasteiger partial charge >= 0.3 is 0 Å². The van der Waals surface area contributed by atoms with E-state index in [1.54, 1.807) is 19.1 Å². The van der Waals surface area contributed by atoms with Crippen LogP contribution >= 0.6 is 0 Å². The molecule has 1 aliphatic rings. The van der Waals surface area contributed by atoms with E-state index in [1.807, 2.05) is 13.8 Å². The number of likely N-dealkylation sites (N-methyl/N-ethyl adjacent to an activating group) is 1. The van der Waals surface area contributed by atoms with Crippen molar-refractivity contribution in [1.29, 1.82) is 0 Å². The molecule has 194 valence electrons. The quantitative estimate of drug-likeness (QED) is 0.373. The van der Waals surface area contributed by atoms with Crippen LogP contribution in [0.4, 0.5) is 20.2 Å². The van der Waals surface area contributed by atoms with Crippen molar-refractivity contribution >= 4 is 34.8 Å². The molecule has 2 amide bonds. The topological polar surface area (TPSA) is 88.7 Å². The third-order valence-corrected chi connectivity index (χ3v) is 6.47. The van der Waals surface area contributed by atoms with Gasteiger partial charge in [0.2, 0.25) is 0 Å². The molecule has 0 spiro atoms. The van der Waals surface area contributed by atoms with Gasteiger partial charge in [0.1, 0.15) is 11.6 Å². The maximum absolute atomic E-state index is 13.8. The Morgan fingerprint density at radius 1 is 1.03 bits per heavy atom. The first-order chi connectivity index (χ1) is 17.7. The molecule has 37 heavy (non-hydrogen) atoms. The van der Waals surface area contributed by atoms with E-state index in [0.29, 0.717) is 40.4 Å². The summed E-state index contributed by atoms with van der Waals surface area (Å²) in [6.45, 7) is 7.63. The van der Waals surface area contributed by atoms with Crippen LogP contribution in [-0.2, 0) is 4.79 Å². The third-order valence-electron chi connectivity index (χ3n) is 6.47. The molecule has 3 aromatic rings. The highest BCUT2D eigenvalue weighted by molar-refractivity contribution is 6.34. The average Bonchev–Trinajstić information content (AvgIpc) is 3.39. The van der Waals surface area contributed by atoms with E-state index in [0.717, 1.165) is 13.1 Å². The van der Waals surface area contributed by atoms with Gasteiger partial charge < -0.3 is 25.2 Å². The minimum atomic E-state index is -0.830. The zero-order valence-corrected chi connectivity index (χ0v) is 21.0. The van der Waals surface area contributed by atoms with Crippen LogP contribution in [0.5, 0.6) is 0 Å². The van der Waals surface area contributed by atoms with Gasteiger partial charge in [-0.15, -0.1) is 0 Å². The second-order valence-corrected chi connectivity index (χ2v) is 9.00. The fraction of sp³-hybridized carbons (Fsp3) is 0.286. The number of nitrogens with one attached hydrogen (secondary N) is 2. The number of aliphatic hydroxyl groups is 1. The molecule has 0 saturated carbocycles. The van der Waals surface area contributed by atoms with Crippen LogP contribution in [0.25, 0.3) is 11.6 Å². The van der Waals surface area contributed by atoms with Crippen LogP contribution in [0.1, 0.15) is 41.2 Å². The lowest BCUT2D eigenvalue weighted by Gasteiger charge is -2.28. The number of aromatic nitrogens is 1. The molecule has 0 aliphatic carbocycles. The van der Waals surface area contributed by atoms with Gasteiger partial charge in [-0.1, -0.05) is 13.8 Å². The van der Waals surface area contributed by atoms with Gasteiger partial charge in [0.15, 0.2) is 0 Å². The van der Waals surface area contributed by atoms with Crippen LogP contribution in [0.2, 0.25) is 0 Å². The molecule has 7 nitrogen and oxygen atoms in total. The van der Waals surface area contributed by atoms with Gasteiger partial charge in [-0.2, -0.15) is 0 Å². The van der Waals surface area contributed by atoms with Gasteiger partial charge in [0, 0.05) is 34.9 Å². The minimum absolute atomic E-state index is 0.0110. The van der Waals surface area contributed by atoms with Crippen molar-refractivity contribution in [2.24, 2.45) is 0 Å². The van der Waals surface area contributed by atoms with E-state index < -0.39 is 17.7 Å². The SMILES string of the molecule is CCN(CC)CC(O)CN(C(=O)c1cc(/C=C2\C(=O)Nc3ccc(F)cc32)[nH]c1C)c1ccc(F)cc1. The van der Waals surface area contributed by atoms with E-state index in [1.165, 1.54) is 47.4 Å². The van der Waals surface area contributed by atoms with Crippen molar-refractivity contribution < 1.29 is 23.5 Å². The number of hydrogen-bond acceptors (Lipinski definition) is 4. The highest BCUT2D eigenvalue weighted by Gasteiger charge is 2.27. The molecule has 1 aliphatic heterocycles. The average molecular weight is 509 g/mol. The number of hydrogen-bond donors (Lipinski definition) is 3. The third kappa shape index (κ3) is 5.79. The molecule has 0 fully saturated rings. The van der Waals surface area contributed by atoms with Crippen molar-refractivity contribution in [3.8, 4) is 0 Å². The fourth-order valence-electron chi connectivity index (χ4n) is 4.46. The highest BCUT2D eigenvalue weighted by atomic mass is 19.1. The second kappa shape index (κ2) is 11.1. The molecule has 4 rings (SSSR count). The summed E-state index contributed by atoms with van der Waals surface area (Å²) in [6.07, 6.45) is 0.741. The Balaban J connectivity index is 1.65. The zero-order valence-electron chi connectivity index (χ0n) is 21.0. The second-order valence-electron chi connectivity index (χ2n) is 9.00. The smallest absolute Gasteiger partial charge is 0.260 e. The standard InChI is InChI=1S/C28H30F2N4O3/c1-4-33(5-2)15-22(35)16-34(21-9-6-18(29)7-10-21)28(37)23-13-20(31-17(23)3)14-25-24-12-19(30)8-11-26(24)32-27(25)36/h6-14,22,31,35H,4-5,15-16H2,1-3H3,(H,32,36)/b25-14-. The number of rotatable bonds is 9. The molecule has 0 bridgehead atoms. The Hall–Kier alpha value is -3.82. The zero-order chi connectivity index (χ0) is 26.7. The summed E-state index contributed by atoms with van der Waals surface area (Å²) >= 11 is 0. The van der Waals surface area contributed by atoms with Crippen LogP contribution in [0, 0.1) is 18.6 Å². The maximum Gasteiger partial charge on any atom is 0.260 e. The Labute approximate surface area is 214 Å². The summed E-state index contributed by atoms with van der Waals surface area (Å²) in [6, 6.07) is 11.2. The summed E-state index contributed by atoms with van der Waals surface area (Å²) in [7, 11) is 0. The Kier molecular flexibility index (Phi) is 7.85. The monoisotopic (exact) mass is 508 g/mol. The summed E-state index contributed by atoms with van der Waals surface area (Å²) in [5.41, 5.74) is 3.07. The van der Waals surface area contributed by atoms with Crippen molar-refractivity contribution in [3.05, 3.63) is 82.7 Å². The predicted molar refractivity (Wildman–Crippen MR) is 140 cm³/mol. The van der Waals surface area contributed by atoms with Gasteiger partial charge in [0.05, 0.1) is 23.8 Å². The molecule has 1 aromatic heterocycles. The molecular formula is C28H30F2N4O3. The van der Waals surface area contributed by atoms with E-state index >= 15 is 0 Å². The lowest BCUT2D eigenvalue weighted by molar-refractivity contribution is -0.110. The first-order valence-electron chi connectivity index (χ1n) is 12.2. The number of fused-ring (bicyclic) bond motifs is 1. The van der Waals surface area contributed by atoms with Gasteiger partial charge in [0.25, 0.3) is 11.8 Å². The molecule has 2 heterocycles. The van der Waals surface area contributed by atoms with Crippen molar-refractivity contribution in [2.75, 3.05) is 36.4 Å². The van der Waals surface area contributed by atoms with Crippen LogP contribution in [0.3, 0.4) is 0 Å². The summed E-state index contributed by atoms with van der Waals surface area (Å²) in [5.74, 6) is -1.64. The molecule has 3 N–H and O–H groups in total. The van der Waals surface area contributed by atoms with Crippen LogP contribution in [-0.4, -0.2) is 59.1 Å². The van der Waals surface area contributed by atoms with Crippen molar-refractivity contribution in [3.63, 3.8) is 0 Å². The lowest BCUT2D eigenvalue weighted by atomic mass is 10.1. The number of aromatic amines is 1. The molecule has 0 saturated heterocycles. The lowest BCUT2D eigenvalue weighted by Crippen LogP contribution is -2.43. The number of aryl methyl sites for hydroxylation is 1. The Morgan fingerprint density at radius 3 is 2.38 bits per heavy atom. The first-order valence-corrected chi connectivity index (χ1v) is 12.2. The van der Waals surface area contributed by atoms with Crippen molar-refractivity contribution in [2.45, 2.75) is 26.9 Å². The largest absolute Gasteiger partial charge is 0.390 e. The van der Waals surface area contributed by atoms with E-state index in [-0.39, 0.29) is 23.9 Å². The molecule has 9 heteroatoms. The number of amides is 2. The fourth-order valence-corrected chi connectivity index (χ4v) is 4.46. The van der Waals surface area contributed by atoms with E-state index in [9.17, 15) is 23.5 Å². The number of nitrogens with zero attached hydrogens (tertiary/aromatic N) is 2. The normalized spacial score (nSPS) is 14.7.